The van der Waals surface area contributed by atoms with E-state index in [0.717, 1.165) is 24.3 Å². The minimum absolute atomic E-state index is 0.0149. The molecule has 274 valence electrons. The molecular formula is C34H24N6O12S2. The number of carbonyl (C=O) groups is 4. The lowest BCUT2D eigenvalue weighted by atomic mass is 9.94. The van der Waals surface area contributed by atoms with Gasteiger partial charge >= 0.3 is 11.9 Å². The van der Waals surface area contributed by atoms with E-state index in [1.165, 1.54) is 60.7 Å². The summed E-state index contributed by atoms with van der Waals surface area (Å²) in [7, 11) is -10.00. The number of aromatic carboxylic acids is 2. The number of hydrogen-bond donors (Lipinski definition) is 8. The van der Waals surface area contributed by atoms with E-state index in [-0.39, 0.29) is 56.1 Å². The van der Waals surface area contributed by atoms with Crippen LogP contribution in [0.1, 0.15) is 52.6 Å². The number of nitrogens with one attached hydrogen (secondary N) is 2. The molecule has 54 heavy (non-hydrogen) atoms. The van der Waals surface area contributed by atoms with Crippen molar-refractivity contribution >= 4 is 90.1 Å². The van der Waals surface area contributed by atoms with Crippen molar-refractivity contribution in [2.45, 2.75) is 0 Å². The van der Waals surface area contributed by atoms with Gasteiger partial charge in [0.2, 0.25) is 11.6 Å². The van der Waals surface area contributed by atoms with Gasteiger partial charge in [0.15, 0.2) is 11.4 Å². The van der Waals surface area contributed by atoms with E-state index in [0.29, 0.717) is 0 Å². The van der Waals surface area contributed by atoms with Gasteiger partial charge in [0.05, 0.1) is 22.5 Å². The molecule has 0 saturated carbocycles. The lowest BCUT2D eigenvalue weighted by molar-refractivity contribution is 0.0687. The quantitative estimate of drug-likeness (QED) is 0.0683. The van der Waals surface area contributed by atoms with Gasteiger partial charge in [-0.15, -0.1) is 0 Å². The maximum Gasteiger partial charge on any atom is 0.337 e. The van der Waals surface area contributed by atoms with E-state index in [2.05, 4.69) is 21.1 Å². The van der Waals surface area contributed by atoms with E-state index in [1.54, 1.807) is 0 Å². The zero-order valence-electron chi connectivity index (χ0n) is 27.0. The third-order valence-corrected chi connectivity index (χ3v) is 9.81. The number of nitrogen functional groups attached to an aromatic ring is 2. The largest absolute Gasteiger partial charge is 0.478 e. The topological polar surface area (TPSA) is 318 Å². The molecule has 0 aromatic heterocycles. The van der Waals surface area contributed by atoms with Gasteiger partial charge in [-0.25, -0.2) is 9.59 Å². The highest BCUT2D eigenvalue weighted by Crippen LogP contribution is 2.32. The SMILES string of the molecule is Nc1ccc2c(c1)C=C(S(=O)(=O)O)/C(=N\Nc1ccc(-c3ccc(N/N=C4/C(=O)c5ccc(N)cc5C=C4S(=O)(=O)O)c(C(=O)O)c3)cc1C(=O)O)C2=O. The van der Waals surface area contributed by atoms with Crippen LogP contribution in [0.3, 0.4) is 0 Å². The first-order valence-electron chi connectivity index (χ1n) is 15.0. The number of nitrogens with two attached hydrogens (primary N) is 2. The number of Topliss-reactive ketones (excluding diaryl/α,β-unsaturated/α-hetero) is 2. The summed E-state index contributed by atoms with van der Waals surface area (Å²) in [6.45, 7) is 0. The molecule has 0 saturated heterocycles. The third kappa shape index (κ3) is 7.07. The molecule has 10 N–H and O–H groups in total. The molecule has 0 unspecified atom stereocenters. The fourth-order valence-corrected chi connectivity index (χ4v) is 6.86. The number of nitrogens with zero attached hydrogens (tertiary/aromatic N) is 2. The fourth-order valence-electron chi connectivity index (χ4n) is 5.55. The number of fused-ring (bicyclic) bond motifs is 2. The van der Waals surface area contributed by atoms with Crippen LogP contribution in [0.2, 0.25) is 0 Å². The van der Waals surface area contributed by atoms with Crippen LogP contribution in [0, 0.1) is 0 Å². The summed E-state index contributed by atoms with van der Waals surface area (Å²) < 4.78 is 68.3. The number of benzene rings is 4. The Labute approximate surface area is 304 Å². The Morgan fingerprint density at radius 2 is 0.944 bits per heavy atom. The predicted molar refractivity (Wildman–Crippen MR) is 197 cm³/mol. The van der Waals surface area contributed by atoms with Crippen LogP contribution in [-0.4, -0.2) is 71.1 Å². The Morgan fingerprint density at radius 1 is 0.574 bits per heavy atom. The molecule has 4 aromatic rings. The minimum atomic E-state index is -5.00. The smallest absolute Gasteiger partial charge is 0.337 e. The minimum Gasteiger partial charge on any atom is -0.478 e. The number of hydrogen-bond acceptors (Lipinski definition) is 14. The summed E-state index contributed by atoms with van der Waals surface area (Å²) in [6, 6.07) is 15.5. The predicted octanol–water partition coefficient (Wildman–Crippen LogP) is 3.70. The fraction of sp³-hybridized carbons (Fsp3) is 0. The van der Waals surface area contributed by atoms with Crippen LogP contribution >= 0.6 is 0 Å². The highest BCUT2D eigenvalue weighted by molar-refractivity contribution is 7.91. The van der Waals surface area contributed by atoms with Crippen LogP contribution in [0.5, 0.6) is 0 Å². The van der Waals surface area contributed by atoms with Gasteiger partial charge in [-0.1, -0.05) is 12.1 Å². The lowest BCUT2D eigenvalue weighted by Gasteiger charge is -2.17. The Hall–Kier alpha value is -7.00. The Balaban J connectivity index is 1.33. The molecule has 0 heterocycles. The van der Waals surface area contributed by atoms with E-state index in [4.69, 9.17) is 11.5 Å². The van der Waals surface area contributed by atoms with E-state index < -0.39 is 76.1 Å². The second-order valence-electron chi connectivity index (χ2n) is 11.6. The molecule has 0 spiro atoms. The van der Waals surface area contributed by atoms with Crippen LogP contribution < -0.4 is 22.3 Å². The molecular weight excluding hydrogens is 749 g/mol. The Kier molecular flexibility index (Phi) is 9.21. The summed E-state index contributed by atoms with van der Waals surface area (Å²) in [4.78, 5) is 49.2. The molecule has 18 nitrogen and oxygen atoms in total. The van der Waals surface area contributed by atoms with Crippen LogP contribution in [0.25, 0.3) is 23.3 Å². The summed E-state index contributed by atoms with van der Waals surface area (Å²) >= 11 is 0. The summed E-state index contributed by atoms with van der Waals surface area (Å²) in [5.74, 6) is -4.82. The zero-order valence-corrected chi connectivity index (χ0v) is 28.6. The van der Waals surface area contributed by atoms with Gasteiger partial charge in [0.1, 0.15) is 9.81 Å². The van der Waals surface area contributed by atoms with Crippen molar-refractivity contribution in [2.75, 3.05) is 22.3 Å². The van der Waals surface area contributed by atoms with Gasteiger partial charge < -0.3 is 21.7 Å². The molecule has 6 rings (SSSR count). The lowest BCUT2D eigenvalue weighted by Crippen LogP contribution is -2.27. The van der Waals surface area contributed by atoms with Gasteiger partial charge in [0.25, 0.3) is 20.2 Å². The first-order valence-corrected chi connectivity index (χ1v) is 17.9. The Morgan fingerprint density at radius 3 is 1.28 bits per heavy atom. The van der Waals surface area contributed by atoms with Gasteiger partial charge in [0, 0.05) is 22.5 Å². The van der Waals surface area contributed by atoms with Crippen molar-refractivity contribution in [1.29, 1.82) is 0 Å². The first-order chi connectivity index (χ1) is 25.3. The van der Waals surface area contributed by atoms with Crippen molar-refractivity contribution in [3.05, 3.63) is 116 Å². The molecule has 0 amide bonds. The normalized spacial score (nSPS) is 15.6. The molecule has 0 atom stereocenters. The molecule has 0 radical (unpaired) electrons. The number of carbonyl (C=O) groups excluding carboxylic acids is 2. The van der Waals surface area contributed by atoms with Crippen molar-refractivity contribution < 1.29 is 55.3 Å². The molecule has 2 aliphatic rings. The highest BCUT2D eigenvalue weighted by atomic mass is 32.2. The number of carboxylic acid groups (broad SMARTS) is 2. The third-order valence-electron chi connectivity index (χ3n) is 8.08. The van der Waals surface area contributed by atoms with Crippen molar-refractivity contribution in [3.63, 3.8) is 0 Å². The number of hydrazone groups is 2. The summed E-state index contributed by atoms with van der Waals surface area (Å²) in [5, 5.41) is 27.6. The summed E-state index contributed by atoms with van der Waals surface area (Å²) in [5.41, 5.74) is 14.4. The van der Waals surface area contributed by atoms with Crippen LogP contribution in [0.4, 0.5) is 22.7 Å². The summed E-state index contributed by atoms with van der Waals surface area (Å²) in [6.07, 6.45) is 1.98. The number of allylic oxidation sites excluding steroid dienone is 2. The van der Waals surface area contributed by atoms with Gasteiger partial charge in [-0.2, -0.15) is 27.0 Å². The number of anilines is 4. The number of ketones is 2. The maximum atomic E-state index is 13.2. The Bertz CT molecular complexity index is 2550. The molecule has 2 aliphatic carbocycles. The molecule has 20 heteroatoms. The van der Waals surface area contributed by atoms with E-state index in [9.17, 15) is 55.3 Å². The second kappa shape index (κ2) is 13.5. The maximum absolute atomic E-state index is 13.2. The molecule has 0 aliphatic heterocycles. The van der Waals surface area contributed by atoms with Crippen molar-refractivity contribution in [1.82, 2.24) is 0 Å². The molecule has 0 bridgehead atoms. The zero-order chi connectivity index (χ0) is 39.3. The molecule has 0 fully saturated rings. The van der Waals surface area contributed by atoms with E-state index in [1.807, 2.05) is 0 Å². The number of carboxylic acids is 2. The second-order valence-corrected chi connectivity index (χ2v) is 14.4. The van der Waals surface area contributed by atoms with Gasteiger partial charge in [-0.3, -0.25) is 29.5 Å². The standard InChI is InChI=1S/C34H24N6O12S2/c35-19-3-5-21-17(9-19)13-27(53(47,48)49)29(31(21)41)39-37-25-7-1-15(11-23(25)33(43)44)16-2-8-26(24(12-16)34(45)46)38-40-30-28(54(50,51)52)14-18-10-20(36)4-6-22(18)32(30)42/h1-14,37-38H,35-36H2,(H,43,44)(H,45,46)(H,47,48,49)(H,50,51,52)/b39-29+,40-30+. The van der Waals surface area contributed by atoms with Gasteiger partial charge in [-0.05, 0) is 95.1 Å². The average Bonchev–Trinajstić information content (AvgIpc) is 3.09. The van der Waals surface area contributed by atoms with Crippen LogP contribution in [-0.2, 0) is 20.2 Å². The monoisotopic (exact) mass is 772 g/mol. The first kappa shape index (κ1) is 36.8. The van der Waals surface area contributed by atoms with E-state index >= 15 is 0 Å². The highest BCUT2D eigenvalue weighted by Gasteiger charge is 2.34. The average molecular weight is 773 g/mol. The van der Waals surface area contributed by atoms with Crippen LogP contribution in [0.15, 0.2) is 92.8 Å². The van der Waals surface area contributed by atoms with Crippen molar-refractivity contribution in [3.8, 4) is 11.1 Å². The molecule has 4 aromatic carbocycles. The number of rotatable bonds is 9. The van der Waals surface area contributed by atoms with Crippen molar-refractivity contribution in [2.24, 2.45) is 10.2 Å².